The molecule has 0 aliphatic carbocycles. The van der Waals surface area contributed by atoms with Gasteiger partial charge in [0.2, 0.25) is 5.91 Å². The molecule has 2 heterocycles. The number of nitrogens with zero attached hydrogens (tertiary/aromatic N) is 2. The number of hydrogen-bond donors (Lipinski definition) is 1. The van der Waals surface area contributed by atoms with Gasteiger partial charge >= 0.3 is 0 Å². The zero-order valence-electron chi connectivity index (χ0n) is 16.1. The number of thioether (sulfide) groups is 2. The number of ether oxygens (including phenoxy) is 2. The molecule has 28 heavy (non-hydrogen) atoms. The number of benzene rings is 1. The second kappa shape index (κ2) is 9.38. The summed E-state index contributed by atoms with van der Waals surface area (Å²) < 4.78 is 12.0. The Morgan fingerprint density at radius 1 is 1.32 bits per heavy atom. The molecular weight excluding hydrogens is 398 g/mol. The van der Waals surface area contributed by atoms with Crippen LogP contribution in [-0.4, -0.2) is 47.7 Å². The second-order valence-corrected chi connectivity index (χ2v) is 8.26. The lowest BCUT2D eigenvalue weighted by atomic mass is 10.1. The largest absolute Gasteiger partial charge is 0.493 e. The van der Waals surface area contributed by atoms with Crippen LogP contribution >= 0.6 is 23.5 Å². The third-order valence-electron chi connectivity index (χ3n) is 4.38. The van der Waals surface area contributed by atoms with E-state index in [2.05, 4.69) is 10.3 Å². The fourth-order valence-corrected chi connectivity index (χ4v) is 4.75. The quantitative estimate of drug-likeness (QED) is 0.515. The van der Waals surface area contributed by atoms with E-state index in [1.54, 1.807) is 33.0 Å². The molecule has 3 rings (SSSR count). The van der Waals surface area contributed by atoms with Crippen LogP contribution in [0.1, 0.15) is 11.3 Å². The third-order valence-corrected chi connectivity index (χ3v) is 6.52. The van der Waals surface area contributed by atoms with Gasteiger partial charge in [-0.1, -0.05) is 17.8 Å². The highest BCUT2D eigenvalue weighted by molar-refractivity contribution is 8.00. The van der Waals surface area contributed by atoms with Crippen molar-refractivity contribution in [2.24, 2.45) is 7.05 Å². The van der Waals surface area contributed by atoms with Crippen LogP contribution in [0.25, 0.3) is 0 Å². The van der Waals surface area contributed by atoms with Crippen molar-refractivity contribution < 1.29 is 14.3 Å². The molecule has 0 atom stereocenters. The van der Waals surface area contributed by atoms with E-state index in [4.69, 9.17) is 9.47 Å². The Morgan fingerprint density at radius 2 is 2.11 bits per heavy atom. The van der Waals surface area contributed by atoms with E-state index in [1.807, 2.05) is 18.2 Å². The summed E-state index contributed by atoms with van der Waals surface area (Å²) in [7, 11) is 4.89. The Bertz CT molecular complexity index is 930. The topological polar surface area (TPSA) is 82.5 Å². The van der Waals surface area contributed by atoms with Crippen molar-refractivity contribution >= 4 is 29.4 Å². The van der Waals surface area contributed by atoms with Crippen molar-refractivity contribution in [1.29, 1.82) is 0 Å². The van der Waals surface area contributed by atoms with Crippen LogP contribution in [0.3, 0.4) is 0 Å². The molecule has 0 fully saturated rings. The lowest BCUT2D eigenvalue weighted by molar-refractivity contribution is -0.118. The number of carbonyl (C=O) groups is 1. The molecule has 1 aliphatic rings. The maximum Gasteiger partial charge on any atom is 0.267 e. The van der Waals surface area contributed by atoms with E-state index < -0.39 is 0 Å². The van der Waals surface area contributed by atoms with Crippen LogP contribution in [0.15, 0.2) is 33.0 Å². The number of rotatable bonds is 8. The van der Waals surface area contributed by atoms with E-state index in [-0.39, 0.29) is 17.2 Å². The van der Waals surface area contributed by atoms with E-state index in [0.29, 0.717) is 29.6 Å². The molecule has 1 aromatic carbocycles. The number of hydrogen-bond acceptors (Lipinski definition) is 7. The zero-order chi connectivity index (χ0) is 20.1. The second-order valence-electron chi connectivity index (χ2n) is 6.21. The minimum Gasteiger partial charge on any atom is -0.493 e. The zero-order valence-corrected chi connectivity index (χ0v) is 17.7. The van der Waals surface area contributed by atoms with Crippen molar-refractivity contribution in [3.63, 3.8) is 0 Å². The van der Waals surface area contributed by atoms with Crippen molar-refractivity contribution in [1.82, 2.24) is 14.9 Å². The summed E-state index contributed by atoms with van der Waals surface area (Å²) in [6.07, 6.45) is 1.49. The van der Waals surface area contributed by atoms with E-state index in [1.165, 1.54) is 16.3 Å². The average molecular weight is 422 g/mol. The minimum absolute atomic E-state index is 0.0242. The Kier molecular flexibility index (Phi) is 6.90. The molecule has 150 valence electrons. The molecule has 9 heteroatoms. The van der Waals surface area contributed by atoms with Gasteiger partial charge < -0.3 is 14.8 Å². The van der Waals surface area contributed by atoms with Crippen molar-refractivity contribution in [2.75, 3.05) is 32.3 Å². The number of fused-ring (bicyclic) bond motifs is 1. The Morgan fingerprint density at radius 3 is 2.86 bits per heavy atom. The van der Waals surface area contributed by atoms with E-state index in [0.717, 1.165) is 28.3 Å². The first-order valence-corrected chi connectivity index (χ1v) is 10.8. The number of nitrogens with one attached hydrogen (secondary N) is 1. The van der Waals surface area contributed by atoms with Crippen LogP contribution < -0.4 is 20.3 Å². The van der Waals surface area contributed by atoms with Gasteiger partial charge in [-0.05, 0) is 24.1 Å². The number of methoxy groups -OCH3 is 2. The lowest BCUT2D eigenvalue weighted by Crippen LogP contribution is -2.28. The highest BCUT2D eigenvalue weighted by Gasteiger charge is 2.20. The molecule has 1 aliphatic heterocycles. The summed E-state index contributed by atoms with van der Waals surface area (Å²) in [5, 5.41) is 3.49. The van der Waals surface area contributed by atoms with Gasteiger partial charge in [0.05, 0.1) is 30.6 Å². The summed E-state index contributed by atoms with van der Waals surface area (Å²) in [4.78, 5) is 29.8. The molecule has 0 spiro atoms. The standard InChI is InChI=1S/C19H23N3O4S2/c1-22-18(24)17-13(7-9-27-17)21-19(22)28-11-16(23)20-8-6-12-4-5-14(25-2)15(10-12)26-3/h4-5,10H,6-9,11H2,1-3H3,(H,20,23). The molecule has 0 unspecified atom stereocenters. The van der Waals surface area contributed by atoms with Crippen molar-refractivity contribution in [2.45, 2.75) is 22.9 Å². The SMILES string of the molecule is COc1ccc(CCNC(=O)CSc2nc3c(c(=O)n2C)SCC3)cc1OC. The van der Waals surface area contributed by atoms with Crippen LogP contribution in [-0.2, 0) is 24.7 Å². The van der Waals surface area contributed by atoms with Crippen molar-refractivity contribution in [3.8, 4) is 11.5 Å². The highest BCUT2D eigenvalue weighted by Crippen LogP contribution is 2.28. The summed E-state index contributed by atoms with van der Waals surface area (Å²) in [6.45, 7) is 0.516. The Balaban J connectivity index is 1.51. The summed E-state index contributed by atoms with van der Waals surface area (Å²) in [5.41, 5.74) is 1.87. The Labute approximate surface area is 172 Å². The molecule has 0 radical (unpaired) electrons. The molecule has 0 saturated carbocycles. The van der Waals surface area contributed by atoms with Gasteiger partial charge in [0.25, 0.3) is 5.56 Å². The van der Waals surface area contributed by atoms with Gasteiger partial charge in [-0.25, -0.2) is 4.98 Å². The van der Waals surface area contributed by atoms with Crippen LogP contribution in [0.2, 0.25) is 0 Å². The van der Waals surface area contributed by atoms with Crippen molar-refractivity contribution in [3.05, 3.63) is 39.8 Å². The molecule has 7 nitrogen and oxygen atoms in total. The van der Waals surface area contributed by atoms with Gasteiger partial charge in [-0.15, -0.1) is 11.8 Å². The average Bonchev–Trinajstić information content (AvgIpc) is 3.18. The fraction of sp³-hybridized carbons (Fsp3) is 0.421. The van der Waals surface area contributed by atoms with Gasteiger partial charge in [-0.2, -0.15) is 0 Å². The smallest absolute Gasteiger partial charge is 0.267 e. The summed E-state index contributed by atoms with van der Waals surface area (Å²) in [5.74, 6) is 2.37. The molecule has 0 saturated heterocycles. The minimum atomic E-state index is -0.0883. The maximum absolute atomic E-state index is 12.3. The Hall–Kier alpha value is -2.13. The predicted octanol–water partition coefficient (Wildman–Crippen LogP) is 1.90. The molecule has 1 N–H and O–H groups in total. The van der Waals surface area contributed by atoms with Crippen LogP contribution in [0.4, 0.5) is 0 Å². The van der Waals surface area contributed by atoms with E-state index in [9.17, 15) is 9.59 Å². The highest BCUT2D eigenvalue weighted by atomic mass is 32.2. The number of aryl methyl sites for hydroxylation is 1. The summed E-state index contributed by atoms with van der Waals surface area (Å²) in [6, 6.07) is 5.71. The number of aromatic nitrogens is 2. The number of carbonyl (C=O) groups excluding carboxylic acids is 1. The molecule has 1 aromatic heterocycles. The molecule has 2 aromatic rings. The third kappa shape index (κ3) is 4.64. The van der Waals surface area contributed by atoms with Gasteiger partial charge in [0.15, 0.2) is 16.7 Å². The van der Waals surface area contributed by atoms with Gasteiger partial charge in [0, 0.05) is 25.8 Å². The predicted molar refractivity (Wildman–Crippen MR) is 111 cm³/mol. The van der Waals surface area contributed by atoms with Gasteiger partial charge in [0.1, 0.15) is 0 Å². The number of amides is 1. The summed E-state index contributed by atoms with van der Waals surface area (Å²) >= 11 is 2.84. The monoisotopic (exact) mass is 421 g/mol. The van der Waals surface area contributed by atoms with Crippen LogP contribution in [0.5, 0.6) is 11.5 Å². The molecule has 0 bridgehead atoms. The van der Waals surface area contributed by atoms with Crippen LogP contribution in [0, 0.1) is 0 Å². The molecular formula is C19H23N3O4S2. The normalized spacial score (nSPS) is 12.5. The first kappa shape index (κ1) is 20.6. The van der Waals surface area contributed by atoms with Gasteiger partial charge in [-0.3, -0.25) is 14.2 Å². The van der Waals surface area contributed by atoms with E-state index >= 15 is 0 Å². The maximum atomic E-state index is 12.3. The molecule has 1 amide bonds. The first-order valence-electron chi connectivity index (χ1n) is 8.86. The fourth-order valence-electron chi connectivity index (χ4n) is 2.86. The lowest BCUT2D eigenvalue weighted by Gasteiger charge is -2.11. The first-order chi connectivity index (χ1) is 13.5.